The van der Waals surface area contributed by atoms with Crippen LogP contribution in [0.25, 0.3) is 0 Å². The Labute approximate surface area is 160 Å². The molecule has 1 heterocycles. The highest BCUT2D eigenvalue weighted by Gasteiger charge is 2.16. The molecule has 3 N–H and O–H groups in total. The van der Waals surface area contributed by atoms with Crippen LogP contribution in [-0.4, -0.2) is 28.4 Å². The number of hydrogen-bond donors (Lipinski definition) is 2. The first kappa shape index (κ1) is 20.9. The van der Waals surface area contributed by atoms with Crippen LogP contribution in [-0.2, 0) is 17.6 Å². The Hall–Kier alpha value is -2.41. The number of unbranched alkanes of at least 4 members (excludes halogenated alkanes) is 1. The van der Waals surface area contributed by atoms with Crippen molar-refractivity contribution in [2.24, 2.45) is 5.73 Å². The molecule has 1 amide bonds. The second-order valence-corrected chi connectivity index (χ2v) is 7.65. The summed E-state index contributed by atoms with van der Waals surface area (Å²) in [6, 6.07) is 9.89. The molecular weight excluding hydrogens is 344 g/mol. The summed E-state index contributed by atoms with van der Waals surface area (Å²) in [7, 11) is 0. The molecular formula is C20H30N4O3. The van der Waals surface area contributed by atoms with Crippen molar-refractivity contribution in [2.45, 2.75) is 64.5 Å². The number of ether oxygens (including phenoxy) is 1. The number of carbonyl (C=O) groups is 1. The average molecular weight is 374 g/mol. The number of nitrogens with zero attached hydrogens (tertiary/aromatic N) is 2. The Morgan fingerprint density at radius 2 is 1.96 bits per heavy atom. The van der Waals surface area contributed by atoms with Gasteiger partial charge in [-0.05, 0) is 52.0 Å². The molecule has 27 heavy (non-hydrogen) atoms. The molecule has 0 radical (unpaired) electrons. The molecule has 0 fully saturated rings. The van der Waals surface area contributed by atoms with Gasteiger partial charge < -0.3 is 20.3 Å². The normalized spacial score (nSPS) is 12.6. The summed E-state index contributed by atoms with van der Waals surface area (Å²) in [5.74, 6) is 1.14. The van der Waals surface area contributed by atoms with Crippen LogP contribution in [0.5, 0.6) is 0 Å². The summed E-state index contributed by atoms with van der Waals surface area (Å²) >= 11 is 0. The first-order chi connectivity index (χ1) is 12.8. The van der Waals surface area contributed by atoms with E-state index in [0.29, 0.717) is 24.7 Å². The molecule has 1 aromatic carbocycles. The lowest BCUT2D eigenvalue weighted by atomic mass is 10.1. The summed E-state index contributed by atoms with van der Waals surface area (Å²) in [5, 5.41) is 6.76. The van der Waals surface area contributed by atoms with Gasteiger partial charge in [-0.3, -0.25) is 0 Å². The van der Waals surface area contributed by atoms with Crippen molar-refractivity contribution in [2.75, 3.05) is 6.61 Å². The van der Waals surface area contributed by atoms with E-state index in [1.165, 1.54) is 5.56 Å². The number of aromatic nitrogens is 2. The minimum absolute atomic E-state index is 0.296. The molecule has 148 valence electrons. The van der Waals surface area contributed by atoms with Gasteiger partial charge in [0.2, 0.25) is 5.89 Å². The molecule has 0 aliphatic heterocycles. The third kappa shape index (κ3) is 8.21. The van der Waals surface area contributed by atoms with E-state index in [4.69, 9.17) is 15.0 Å². The maximum Gasteiger partial charge on any atom is 0.407 e. The number of nitrogens with one attached hydrogen (secondary N) is 1. The van der Waals surface area contributed by atoms with Crippen LogP contribution in [0.4, 0.5) is 4.79 Å². The molecule has 0 aliphatic rings. The number of nitrogens with two attached hydrogens (primary N) is 1. The maximum absolute atomic E-state index is 11.6. The Kier molecular flexibility index (Phi) is 7.79. The monoisotopic (exact) mass is 374 g/mol. The van der Waals surface area contributed by atoms with Crippen LogP contribution in [0.2, 0.25) is 0 Å². The highest BCUT2D eigenvalue weighted by Crippen LogP contribution is 2.15. The average Bonchev–Trinajstić information content (AvgIpc) is 3.08. The van der Waals surface area contributed by atoms with E-state index in [2.05, 4.69) is 27.6 Å². The smallest absolute Gasteiger partial charge is 0.407 e. The van der Waals surface area contributed by atoms with Crippen molar-refractivity contribution < 1.29 is 14.1 Å². The first-order valence-corrected chi connectivity index (χ1v) is 9.40. The first-order valence-electron chi connectivity index (χ1n) is 9.40. The van der Waals surface area contributed by atoms with Crippen molar-refractivity contribution in [1.82, 2.24) is 15.5 Å². The summed E-state index contributed by atoms with van der Waals surface area (Å²) in [6.45, 7) is 6.09. The Balaban J connectivity index is 1.64. The van der Waals surface area contributed by atoms with Crippen LogP contribution in [0.3, 0.4) is 0 Å². The molecule has 0 aliphatic carbocycles. The molecule has 0 saturated carbocycles. The topological polar surface area (TPSA) is 103 Å². The van der Waals surface area contributed by atoms with Crippen LogP contribution >= 0.6 is 0 Å². The van der Waals surface area contributed by atoms with Gasteiger partial charge in [0.25, 0.3) is 0 Å². The minimum Gasteiger partial charge on any atom is -0.450 e. The predicted molar refractivity (Wildman–Crippen MR) is 103 cm³/mol. The van der Waals surface area contributed by atoms with E-state index in [1.54, 1.807) is 0 Å². The van der Waals surface area contributed by atoms with Gasteiger partial charge >= 0.3 is 6.09 Å². The SMILES string of the molecule is CC(C)(C)NC(=O)OCCCC[C@H](N)c1nc(CCc2ccccc2)no1. The van der Waals surface area contributed by atoms with Gasteiger partial charge in [0.1, 0.15) is 0 Å². The van der Waals surface area contributed by atoms with Crippen LogP contribution in [0.15, 0.2) is 34.9 Å². The third-order valence-corrected chi connectivity index (χ3v) is 3.90. The number of alkyl carbamates (subject to hydrolysis) is 1. The van der Waals surface area contributed by atoms with Crippen molar-refractivity contribution in [3.05, 3.63) is 47.6 Å². The van der Waals surface area contributed by atoms with E-state index >= 15 is 0 Å². The number of hydrogen-bond acceptors (Lipinski definition) is 6. The molecule has 2 aromatic rings. The Morgan fingerprint density at radius 1 is 1.22 bits per heavy atom. The quantitative estimate of drug-likeness (QED) is 0.651. The van der Waals surface area contributed by atoms with Crippen LogP contribution in [0, 0.1) is 0 Å². The van der Waals surface area contributed by atoms with E-state index < -0.39 is 6.09 Å². The van der Waals surface area contributed by atoms with Crippen molar-refractivity contribution in [3.8, 4) is 0 Å². The number of benzene rings is 1. The fourth-order valence-electron chi connectivity index (χ4n) is 2.52. The number of aryl methyl sites for hydroxylation is 2. The molecule has 1 aromatic heterocycles. The van der Waals surface area contributed by atoms with E-state index in [0.717, 1.165) is 25.7 Å². The molecule has 7 nitrogen and oxygen atoms in total. The Bertz CT molecular complexity index is 695. The van der Waals surface area contributed by atoms with Gasteiger partial charge in [0.05, 0.1) is 12.6 Å². The molecule has 0 bridgehead atoms. The summed E-state index contributed by atoms with van der Waals surface area (Å²) < 4.78 is 10.4. The minimum atomic E-state index is -0.397. The zero-order valence-corrected chi connectivity index (χ0v) is 16.4. The van der Waals surface area contributed by atoms with Gasteiger partial charge in [-0.1, -0.05) is 35.5 Å². The number of rotatable bonds is 9. The summed E-state index contributed by atoms with van der Waals surface area (Å²) in [5.41, 5.74) is 7.07. The lowest BCUT2D eigenvalue weighted by Crippen LogP contribution is -2.41. The van der Waals surface area contributed by atoms with Gasteiger partial charge in [-0.2, -0.15) is 4.98 Å². The molecule has 1 atom stereocenters. The zero-order valence-electron chi connectivity index (χ0n) is 16.4. The fraction of sp³-hybridized carbons (Fsp3) is 0.550. The van der Waals surface area contributed by atoms with Crippen molar-refractivity contribution in [3.63, 3.8) is 0 Å². The molecule has 0 saturated heterocycles. The highest BCUT2D eigenvalue weighted by atomic mass is 16.5. The summed E-state index contributed by atoms with van der Waals surface area (Å²) in [4.78, 5) is 15.9. The second kappa shape index (κ2) is 10.1. The summed E-state index contributed by atoms with van der Waals surface area (Å²) in [6.07, 6.45) is 3.43. The van der Waals surface area contributed by atoms with Gasteiger partial charge in [0, 0.05) is 12.0 Å². The van der Waals surface area contributed by atoms with Crippen LogP contribution in [0.1, 0.15) is 63.4 Å². The third-order valence-electron chi connectivity index (χ3n) is 3.90. The fourth-order valence-corrected chi connectivity index (χ4v) is 2.52. The van der Waals surface area contributed by atoms with E-state index in [-0.39, 0.29) is 11.6 Å². The zero-order chi connectivity index (χ0) is 19.7. The van der Waals surface area contributed by atoms with E-state index in [1.807, 2.05) is 39.0 Å². The molecule has 2 rings (SSSR count). The van der Waals surface area contributed by atoms with Gasteiger partial charge in [0.15, 0.2) is 5.82 Å². The predicted octanol–water partition coefficient (Wildman–Crippen LogP) is 3.55. The molecule has 7 heteroatoms. The lowest BCUT2D eigenvalue weighted by molar-refractivity contribution is 0.135. The largest absolute Gasteiger partial charge is 0.450 e. The Morgan fingerprint density at radius 3 is 2.67 bits per heavy atom. The van der Waals surface area contributed by atoms with Crippen molar-refractivity contribution >= 4 is 6.09 Å². The standard InChI is InChI=1S/C20H30N4O3/c1-20(2,3)23-19(25)26-14-8-7-11-16(21)18-22-17(24-27-18)13-12-15-9-5-4-6-10-15/h4-6,9-10,16H,7-8,11-14,21H2,1-3H3,(H,23,25)/t16-/m0/s1. The number of carbonyl (C=O) groups excluding carboxylic acids is 1. The number of amides is 1. The lowest BCUT2D eigenvalue weighted by Gasteiger charge is -2.19. The van der Waals surface area contributed by atoms with Gasteiger partial charge in [-0.25, -0.2) is 4.79 Å². The highest BCUT2D eigenvalue weighted by molar-refractivity contribution is 5.67. The van der Waals surface area contributed by atoms with E-state index in [9.17, 15) is 4.79 Å². The van der Waals surface area contributed by atoms with Crippen LogP contribution < -0.4 is 11.1 Å². The van der Waals surface area contributed by atoms with Gasteiger partial charge in [-0.15, -0.1) is 0 Å². The maximum atomic E-state index is 11.6. The second-order valence-electron chi connectivity index (χ2n) is 7.65. The molecule has 0 spiro atoms. The molecule has 0 unspecified atom stereocenters. The van der Waals surface area contributed by atoms with Crippen molar-refractivity contribution in [1.29, 1.82) is 0 Å².